The summed E-state index contributed by atoms with van der Waals surface area (Å²) < 4.78 is 11.0. The molecular weight excluding hydrogens is 368 g/mol. The second-order valence-corrected chi connectivity index (χ2v) is 7.53. The van der Waals surface area contributed by atoms with Crippen molar-refractivity contribution in [2.45, 2.75) is 39.1 Å². The fourth-order valence-electron chi connectivity index (χ4n) is 2.83. The molecule has 0 saturated carbocycles. The van der Waals surface area contributed by atoms with Crippen LogP contribution in [0.25, 0.3) is 0 Å². The Bertz CT molecular complexity index is 805. The van der Waals surface area contributed by atoms with E-state index in [-0.39, 0.29) is 25.0 Å². The summed E-state index contributed by atoms with van der Waals surface area (Å²) in [4.78, 5) is 29.6. The average Bonchev–Trinajstić information content (AvgIpc) is 3.08. The number of aliphatic carboxylic acids is 1. The van der Waals surface area contributed by atoms with Crippen molar-refractivity contribution in [3.8, 4) is 5.75 Å². The van der Waals surface area contributed by atoms with Crippen molar-refractivity contribution in [2.75, 3.05) is 13.1 Å². The molecule has 8 heteroatoms. The normalized spacial score (nSPS) is 19.7. The molecule has 1 N–H and O–H groups in total. The van der Waals surface area contributed by atoms with Crippen molar-refractivity contribution in [1.82, 2.24) is 9.88 Å². The lowest BCUT2D eigenvalue weighted by atomic mass is 10.2. The standard InChI is InChI=1S/C19H22N2O5S/c1-12-3-5-15(6-4-12)25-10-17-20-14(11-27-17)7-18(22)21-8-13(2)26-16(9-21)19(23)24/h3-6,11,13,16H,7-10H2,1-2H3,(H,23,24)/t13-,16?/m1/s1. The Balaban J connectivity index is 1.54. The highest BCUT2D eigenvalue weighted by Gasteiger charge is 2.32. The summed E-state index contributed by atoms with van der Waals surface area (Å²) in [7, 11) is 0. The van der Waals surface area contributed by atoms with E-state index in [0.717, 1.165) is 10.8 Å². The van der Waals surface area contributed by atoms with E-state index in [9.17, 15) is 9.59 Å². The molecule has 1 fully saturated rings. The molecule has 2 heterocycles. The lowest BCUT2D eigenvalue weighted by Gasteiger charge is -2.34. The van der Waals surface area contributed by atoms with Crippen molar-refractivity contribution in [2.24, 2.45) is 0 Å². The van der Waals surface area contributed by atoms with Crippen LogP contribution in [0.2, 0.25) is 0 Å². The van der Waals surface area contributed by atoms with E-state index in [0.29, 0.717) is 18.8 Å². The summed E-state index contributed by atoms with van der Waals surface area (Å²) in [6.07, 6.45) is -1.15. The number of amides is 1. The zero-order valence-electron chi connectivity index (χ0n) is 15.3. The number of aromatic nitrogens is 1. The lowest BCUT2D eigenvalue weighted by molar-refractivity contribution is -0.166. The summed E-state index contributed by atoms with van der Waals surface area (Å²) in [5, 5.41) is 11.8. The van der Waals surface area contributed by atoms with Crippen molar-refractivity contribution in [3.05, 3.63) is 45.9 Å². The molecule has 1 aliphatic heterocycles. The first-order chi connectivity index (χ1) is 12.9. The Kier molecular flexibility index (Phi) is 6.08. The van der Waals surface area contributed by atoms with E-state index in [2.05, 4.69) is 4.98 Å². The summed E-state index contributed by atoms with van der Waals surface area (Å²) in [6, 6.07) is 7.78. The molecule has 3 rings (SSSR count). The lowest BCUT2D eigenvalue weighted by Crippen LogP contribution is -2.52. The van der Waals surface area contributed by atoms with Crippen LogP contribution < -0.4 is 4.74 Å². The van der Waals surface area contributed by atoms with E-state index in [1.165, 1.54) is 21.8 Å². The highest BCUT2D eigenvalue weighted by Crippen LogP contribution is 2.18. The maximum atomic E-state index is 12.5. The van der Waals surface area contributed by atoms with E-state index in [1.807, 2.05) is 36.6 Å². The van der Waals surface area contributed by atoms with Gasteiger partial charge in [0.1, 0.15) is 17.4 Å². The Labute approximate surface area is 161 Å². The van der Waals surface area contributed by atoms with E-state index < -0.39 is 12.1 Å². The first kappa shape index (κ1) is 19.3. The Morgan fingerprint density at radius 1 is 1.33 bits per heavy atom. The quantitative estimate of drug-likeness (QED) is 0.814. The molecule has 0 aliphatic carbocycles. The topological polar surface area (TPSA) is 89.0 Å². The molecule has 0 radical (unpaired) electrons. The highest BCUT2D eigenvalue weighted by atomic mass is 32.1. The van der Waals surface area contributed by atoms with Crippen LogP contribution in [0, 0.1) is 6.92 Å². The second-order valence-electron chi connectivity index (χ2n) is 6.58. The molecule has 7 nitrogen and oxygen atoms in total. The number of carbonyl (C=O) groups is 2. The van der Waals surface area contributed by atoms with Gasteiger partial charge >= 0.3 is 5.97 Å². The molecule has 2 aromatic rings. The predicted octanol–water partition coefficient (Wildman–Crippen LogP) is 2.27. The number of rotatable bonds is 6. The van der Waals surface area contributed by atoms with Gasteiger partial charge in [-0.1, -0.05) is 17.7 Å². The van der Waals surface area contributed by atoms with Crippen LogP contribution in [-0.2, 0) is 27.4 Å². The van der Waals surface area contributed by atoms with Gasteiger partial charge in [-0.25, -0.2) is 9.78 Å². The van der Waals surface area contributed by atoms with Gasteiger partial charge < -0.3 is 19.5 Å². The minimum atomic E-state index is -1.05. The van der Waals surface area contributed by atoms with Gasteiger partial charge in [-0.3, -0.25) is 4.79 Å². The third-order valence-corrected chi connectivity index (χ3v) is 5.07. The molecule has 0 bridgehead atoms. The van der Waals surface area contributed by atoms with E-state index in [4.69, 9.17) is 14.6 Å². The summed E-state index contributed by atoms with van der Waals surface area (Å²) in [5.74, 6) is -0.424. The van der Waals surface area contributed by atoms with E-state index in [1.54, 1.807) is 6.92 Å². The number of thiazole rings is 1. The fraction of sp³-hybridized carbons (Fsp3) is 0.421. The first-order valence-corrected chi connectivity index (χ1v) is 9.57. The number of aryl methyl sites for hydroxylation is 1. The van der Waals surface area contributed by atoms with Gasteiger partial charge in [0.2, 0.25) is 5.91 Å². The molecule has 2 atom stereocenters. The van der Waals surface area contributed by atoms with Crippen molar-refractivity contribution in [1.29, 1.82) is 0 Å². The van der Waals surface area contributed by atoms with Crippen molar-refractivity contribution in [3.63, 3.8) is 0 Å². The maximum absolute atomic E-state index is 12.5. The predicted molar refractivity (Wildman–Crippen MR) is 99.9 cm³/mol. The third-order valence-electron chi connectivity index (χ3n) is 4.20. The largest absolute Gasteiger partial charge is 0.486 e. The van der Waals surface area contributed by atoms with Gasteiger partial charge in [0.25, 0.3) is 0 Å². The minimum Gasteiger partial charge on any atom is -0.486 e. The van der Waals surface area contributed by atoms with Gasteiger partial charge in [-0.05, 0) is 26.0 Å². The molecular formula is C19H22N2O5S. The van der Waals surface area contributed by atoms with Crippen LogP contribution in [0.3, 0.4) is 0 Å². The number of carboxylic acids is 1. The first-order valence-electron chi connectivity index (χ1n) is 8.69. The van der Waals surface area contributed by atoms with Crippen LogP contribution in [0.5, 0.6) is 5.75 Å². The van der Waals surface area contributed by atoms with Crippen LogP contribution in [0.1, 0.15) is 23.2 Å². The van der Waals surface area contributed by atoms with Gasteiger partial charge in [-0.2, -0.15) is 0 Å². The number of morpholine rings is 1. The fourth-order valence-corrected chi connectivity index (χ4v) is 3.54. The summed E-state index contributed by atoms with van der Waals surface area (Å²) in [6.45, 7) is 4.57. The van der Waals surface area contributed by atoms with Gasteiger partial charge in [0, 0.05) is 11.9 Å². The Hall–Kier alpha value is -2.45. The van der Waals surface area contributed by atoms with Crippen molar-refractivity contribution >= 4 is 23.2 Å². The smallest absolute Gasteiger partial charge is 0.334 e. The molecule has 1 unspecified atom stereocenters. The van der Waals surface area contributed by atoms with Crippen LogP contribution >= 0.6 is 11.3 Å². The van der Waals surface area contributed by atoms with Crippen LogP contribution in [0.4, 0.5) is 0 Å². The Morgan fingerprint density at radius 2 is 2.07 bits per heavy atom. The number of carbonyl (C=O) groups excluding carboxylic acids is 1. The third kappa shape index (κ3) is 5.27. The molecule has 1 aromatic heterocycles. The number of benzene rings is 1. The molecule has 0 spiro atoms. The molecule has 1 aromatic carbocycles. The molecule has 1 aliphatic rings. The van der Waals surface area contributed by atoms with Gasteiger partial charge in [-0.15, -0.1) is 11.3 Å². The summed E-state index contributed by atoms with van der Waals surface area (Å²) >= 11 is 1.44. The SMILES string of the molecule is Cc1ccc(OCc2nc(CC(=O)N3CC(C(=O)O)O[C@H](C)C3)cs2)cc1. The van der Waals surface area contributed by atoms with Crippen molar-refractivity contribution < 1.29 is 24.2 Å². The van der Waals surface area contributed by atoms with Crippen LogP contribution in [-0.4, -0.2) is 52.2 Å². The minimum absolute atomic E-state index is 0.0615. The number of ether oxygens (including phenoxy) is 2. The van der Waals surface area contributed by atoms with Gasteiger partial charge in [0.05, 0.1) is 24.8 Å². The van der Waals surface area contributed by atoms with E-state index >= 15 is 0 Å². The summed E-state index contributed by atoms with van der Waals surface area (Å²) in [5.41, 5.74) is 1.83. The molecule has 144 valence electrons. The Morgan fingerprint density at radius 3 is 2.78 bits per heavy atom. The number of carboxylic acid groups (broad SMARTS) is 1. The number of hydrogen-bond acceptors (Lipinski definition) is 6. The zero-order chi connectivity index (χ0) is 19.4. The zero-order valence-corrected chi connectivity index (χ0v) is 16.1. The highest BCUT2D eigenvalue weighted by molar-refractivity contribution is 7.09. The number of nitrogens with zero attached hydrogens (tertiary/aromatic N) is 2. The van der Waals surface area contributed by atoms with Gasteiger partial charge in [0.15, 0.2) is 6.10 Å². The molecule has 1 saturated heterocycles. The number of hydrogen-bond donors (Lipinski definition) is 1. The van der Waals surface area contributed by atoms with Crippen LogP contribution in [0.15, 0.2) is 29.6 Å². The average molecular weight is 390 g/mol. The second kappa shape index (κ2) is 8.49. The monoisotopic (exact) mass is 390 g/mol. The maximum Gasteiger partial charge on any atom is 0.334 e. The molecule has 1 amide bonds. The molecule has 27 heavy (non-hydrogen) atoms.